The smallest absolute Gasteiger partial charge is 0.255 e. The average molecular weight is 441 g/mol. The predicted octanol–water partition coefficient (Wildman–Crippen LogP) is 6.84. The Morgan fingerprint density at radius 2 is 1.97 bits per heavy atom. The van der Waals surface area contributed by atoms with Crippen LogP contribution in [-0.2, 0) is 0 Å². The highest BCUT2D eigenvalue weighted by Crippen LogP contribution is 2.32. The third kappa shape index (κ3) is 4.42. The van der Waals surface area contributed by atoms with Crippen molar-refractivity contribution in [3.8, 4) is 17.2 Å². The number of aromatic nitrogens is 1. The van der Waals surface area contributed by atoms with Gasteiger partial charge in [0.15, 0.2) is 5.58 Å². The van der Waals surface area contributed by atoms with E-state index in [1.54, 1.807) is 54.6 Å². The molecule has 4 rings (SSSR count). The molecule has 1 heterocycles. The molecule has 0 atom stereocenters. The summed E-state index contributed by atoms with van der Waals surface area (Å²) < 4.78 is 11.4. The van der Waals surface area contributed by atoms with Crippen molar-refractivity contribution in [3.05, 3.63) is 76.3 Å². The maximum Gasteiger partial charge on any atom is 0.255 e. The highest BCUT2D eigenvalue weighted by molar-refractivity contribution is 6.36. The van der Waals surface area contributed by atoms with Gasteiger partial charge in [-0.15, -0.1) is 0 Å². The van der Waals surface area contributed by atoms with E-state index in [1.165, 1.54) is 0 Å². The first-order valence-corrected chi connectivity index (χ1v) is 10.2. The van der Waals surface area contributed by atoms with Crippen LogP contribution >= 0.6 is 23.2 Å². The molecule has 5 nitrogen and oxygen atoms in total. The lowest BCUT2D eigenvalue weighted by Gasteiger charge is -2.08. The van der Waals surface area contributed by atoms with Crippen molar-refractivity contribution in [2.24, 2.45) is 0 Å². The van der Waals surface area contributed by atoms with Crippen molar-refractivity contribution in [2.45, 2.75) is 13.3 Å². The number of nitrogens with one attached hydrogen (secondary N) is 1. The van der Waals surface area contributed by atoms with Crippen LogP contribution in [-0.4, -0.2) is 17.5 Å². The molecule has 152 valence electrons. The molecule has 0 radical (unpaired) electrons. The predicted molar refractivity (Wildman–Crippen MR) is 120 cm³/mol. The summed E-state index contributed by atoms with van der Waals surface area (Å²) >= 11 is 12.2. The number of benzene rings is 3. The second-order valence-corrected chi connectivity index (χ2v) is 7.50. The Labute approximate surface area is 183 Å². The number of hydrogen-bond acceptors (Lipinski definition) is 4. The van der Waals surface area contributed by atoms with E-state index >= 15 is 0 Å². The molecule has 0 spiro atoms. The van der Waals surface area contributed by atoms with Gasteiger partial charge in [0.05, 0.1) is 17.2 Å². The van der Waals surface area contributed by atoms with Gasteiger partial charge in [-0.25, -0.2) is 4.98 Å². The molecule has 1 aromatic heterocycles. The largest absolute Gasteiger partial charge is 0.494 e. The second-order valence-electron chi connectivity index (χ2n) is 6.66. The number of anilines is 1. The van der Waals surface area contributed by atoms with Crippen molar-refractivity contribution in [1.82, 2.24) is 4.98 Å². The molecule has 0 aliphatic carbocycles. The molecule has 0 aliphatic heterocycles. The van der Waals surface area contributed by atoms with Crippen LogP contribution in [0, 0.1) is 0 Å². The van der Waals surface area contributed by atoms with E-state index in [2.05, 4.69) is 10.3 Å². The van der Waals surface area contributed by atoms with Crippen LogP contribution in [0.25, 0.3) is 22.6 Å². The maximum absolute atomic E-state index is 12.6. The fraction of sp³-hybridized carbons (Fsp3) is 0.130. The van der Waals surface area contributed by atoms with Gasteiger partial charge < -0.3 is 14.5 Å². The van der Waals surface area contributed by atoms with Gasteiger partial charge >= 0.3 is 0 Å². The number of amides is 1. The minimum atomic E-state index is -0.235. The molecule has 0 unspecified atom stereocenters. The summed E-state index contributed by atoms with van der Waals surface area (Å²) in [6.45, 7) is 2.64. The summed E-state index contributed by atoms with van der Waals surface area (Å²) in [6, 6.07) is 17.5. The molecule has 0 fully saturated rings. The van der Waals surface area contributed by atoms with Gasteiger partial charge in [0, 0.05) is 16.3 Å². The Balaban J connectivity index is 1.56. The van der Waals surface area contributed by atoms with Crippen LogP contribution in [0.15, 0.2) is 65.1 Å². The quantitative estimate of drug-likeness (QED) is 0.356. The van der Waals surface area contributed by atoms with Gasteiger partial charge in [-0.2, -0.15) is 0 Å². The topological polar surface area (TPSA) is 64.4 Å². The minimum absolute atomic E-state index is 0.235. The van der Waals surface area contributed by atoms with Crippen LogP contribution in [0.1, 0.15) is 23.7 Å². The van der Waals surface area contributed by atoms with Gasteiger partial charge in [-0.3, -0.25) is 4.79 Å². The Kier molecular flexibility index (Phi) is 5.93. The van der Waals surface area contributed by atoms with Crippen molar-refractivity contribution in [2.75, 3.05) is 11.9 Å². The molecular weight excluding hydrogens is 423 g/mol. The number of ether oxygens (including phenoxy) is 1. The zero-order valence-corrected chi connectivity index (χ0v) is 17.6. The van der Waals surface area contributed by atoms with E-state index in [1.807, 2.05) is 13.0 Å². The van der Waals surface area contributed by atoms with E-state index in [-0.39, 0.29) is 5.91 Å². The first kappa shape index (κ1) is 20.3. The number of halogens is 2. The molecular formula is C23H18Cl2N2O3. The first-order valence-electron chi connectivity index (χ1n) is 9.43. The molecule has 1 N–H and O–H groups in total. The van der Waals surface area contributed by atoms with Gasteiger partial charge in [0.25, 0.3) is 5.91 Å². The molecule has 1 amide bonds. The number of fused-ring (bicyclic) bond motifs is 1. The van der Waals surface area contributed by atoms with Crippen molar-refractivity contribution in [3.63, 3.8) is 0 Å². The molecule has 30 heavy (non-hydrogen) atoms. The van der Waals surface area contributed by atoms with Crippen LogP contribution in [0.3, 0.4) is 0 Å². The molecule has 0 bridgehead atoms. The van der Waals surface area contributed by atoms with Crippen LogP contribution in [0.5, 0.6) is 5.75 Å². The SMILES string of the molecule is CCCOc1cccc(C(=O)Nc2ccc3oc(-c4ccc(Cl)cc4Cl)nc3c2)c1. The molecule has 0 saturated carbocycles. The lowest BCUT2D eigenvalue weighted by molar-refractivity contribution is 0.102. The highest BCUT2D eigenvalue weighted by Gasteiger charge is 2.14. The van der Waals surface area contributed by atoms with E-state index in [0.29, 0.717) is 56.2 Å². The molecule has 3 aromatic carbocycles. The van der Waals surface area contributed by atoms with E-state index < -0.39 is 0 Å². The molecule has 0 aliphatic rings. The van der Waals surface area contributed by atoms with E-state index in [4.69, 9.17) is 32.4 Å². The Bertz CT molecular complexity index is 1220. The Morgan fingerprint density at radius 1 is 1.10 bits per heavy atom. The summed E-state index contributed by atoms with van der Waals surface area (Å²) in [5, 5.41) is 3.87. The average Bonchev–Trinajstić information content (AvgIpc) is 3.15. The van der Waals surface area contributed by atoms with Crippen molar-refractivity contribution < 1.29 is 13.9 Å². The Hall–Kier alpha value is -3.02. The van der Waals surface area contributed by atoms with Crippen LogP contribution in [0.2, 0.25) is 10.0 Å². The van der Waals surface area contributed by atoms with E-state index in [9.17, 15) is 4.79 Å². The van der Waals surface area contributed by atoms with Gasteiger partial charge in [-0.1, -0.05) is 36.2 Å². The summed E-state index contributed by atoms with van der Waals surface area (Å²) in [5.41, 5.74) is 2.96. The summed E-state index contributed by atoms with van der Waals surface area (Å²) in [7, 11) is 0. The van der Waals surface area contributed by atoms with Gasteiger partial charge in [0.1, 0.15) is 11.3 Å². The van der Waals surface area contributed by atoms with Crippen molar-refractivity contribution in [1.29, 1.82) is 0 Å². The number of nitrogens with zero attached hydrogens (tertiary/aromatic N) is 1. The number of carbonyl (C=O) groups excluding carboxylic acids is 1. The monoisotopic (exact) mass is 440 g/mol. The Morgan fingerprint density at radius 3 is 2.77 bits per heavy atom. The summed E-state index contributed by atoms with van der Waals surface area (Å²) in [6.07, 6.45) is 0.900. The van der Waals surface area contributed by atoms with Gasteiger partial charge in [-0.05, 0) is 61.0 Å². The van der Waals surface area contributed by atoms with Crippen LogP contribution < -0.4 is 10.1 Å². The normalized spacial score (nSPS) is 10.9. The highest BCUT2D eigenvalue weighted by atomic mass is 35.5. The number of hydrogen-bond donors (Lipinski definition) is 1. The standard InChI is InChI=1S/C23H18Cl2N2O3/c1-2-10-29-17-5-3-4-14(11-17)22(28)26-16-7-9-21-20(13-16)27-23(30-21)18-8-6-15(24)12-19(18)25/h3-9,11-13H,2,10H2,1H3,(H,26,28). The lowest BCUT2D eigenvalue weighted by Crippen LogP contribution is -2.12. The zero-order valence-electron chi connectivity index (χ0n) is 16.1. The zero-order chi connectivity index (χ0) is 21.1. The molecule has 0 saturated heterocycles. The number of rotatable bonds is 6. The number of carbonyl (C=O) groups is 1. The van der Waals surface area contributed by atoms with Gasteiger partial charge in [0.2, 0.25) is 5.89 Å². The summed E-state index contributed by atoms with van der Waals surface area (Å²) in [5.74, 6) is 0.817. The van der Waals surface area contributed by atoms with Crippen LogP contribution in [0.4, 0.5) is 5.69 Å². The second kappa shape index (κ2) is 8.78. The minimum Gasteiger partial charge on any atom is -0.494 e. The summed E-state index contributed by atoms with van der Waals surface area (Å²) in [4.78, 5) is 17.1. The molecule has 7 heteroatoms. The van der Waals surface area contributed by atoms with E-state index in [0.717, 1.165) is 6.42 Å². The molecule has 4 aromatic rings. The third-order valence-corrected chi connectivity index (χ3v) is 4.92. The number of oxazole rings is 1. The fourth-order valence-electron chi connectivity index (χ4n) is 2.93. The van der Waals surface area contributed by atoms with Crippen molar-refractivity contribution >= 4 is 45.9 Å². The fourth-order valence-corrected chi connectivity index (χ4v) is 3.42. The third-order valence-electron chi connectivity index (χ3n) is 4.38. The first-order chi connectivity index (χ1) is 14.5. The lowest BCUT2D eigenvalue weighted by atomic mass is 10.2. The maximum atomic E-state index is 12.6.